The molecule has 3 atom stereocenters. The molecule has 1 aromatic carbocycles. The first-order valence-corrected chi connectivity index (χ1v) is 10.9. The van der Waals surface area contributed by atoms with E-state index in [2.05, 4.69) is 36.2 Å². The third-order valence-corrected chi connectivity index (χ3v) is 6.26. The third kappa shape index (κ3) is 4.97. The lowest BCUT2D eigenvalue weighted by Crippen LogP contribution is -2.50. The number of fused-ring (bicyclic) bond motifs is 3. The van der Waals surface area contributed by atoms with Crippen LogP contribution in [0.4, 0.5) is 4.79 Å². The first kappa shape index (κ1) is 21.8. The highest BCUT2D eigenvalue weighted by Gasteiger charge is 2.41. The Hall–Kier alpha value is -1.95. The van der Waals surface area contributed by atoms with Gasteiger partial charge in [0.2, 0.25) is 0 Å². The number of hydrogen-bond donors (Lipinski definition) is 1. The van der Waals surface area contributed by atoms with Crippen LogP contribution in [0, 0.1) is 11.8 Å². The van der Waals surface area contributed by atoms with Crippen LogP contribution >= 0.6 is 0 Å². The van der Waals surface area contributed by atoms with Crippen molar-refractivity contribution < 1.29 is 19.0 Å². The van der Waals surface area contributed by atoms with Gasteiger partial charge in [-0.05, 0) is 48.9 Å². The second-order valence-corrected chi connectivity index (χ2v) is 8.61. The lowest BCUT2D eigenvalue weighted by Gasteiger charge is -2.47. The van der Waals surface area contributed by atoms with Crippen LogP contribution in [0.1, 0.15) is 57.2 Å². The number of nitrogens with one attached hydrogen (secondary N) is 1. The SMILES string of the molecule is CCNC(=O)O[C@@H]1C[C@@H]2c3cc(OC)c(OC)cc3CCN2C[C@H]1CCC(C)C. The average molecular weight is 405 g/mol. The van der Waals surface area contributed by atoms with E-state index in [1.165, 1.54) is 11.1 Å². The number of amides is 1. The highest BCUT2D eigenvalue weighted by molar-refractivity contribution is 5.67. The Kier molecular flexibility index (Phi) is 7.28. The summed E-state index contributed by atoms with van der Waals surface area (Å²) >= 11 is 0. The molecule has 3 rings (SSSR count). The monoisotopic (exact) mass is 404 g/mol. The van der Waals surface area contributed by atoms with Crippen LogP contribution in [0.3, 0.4) is 0 Å². The topological polar surface area (TPSA) is 60.0 Å². The number of piperidine rings is 1. The van der Waals surface area contributed by atoms with Crippen molar-refractivity contribution in [1.82, 2.24) is 10.2 Å². The highest BCUT2D eigenvalue weighted by atomic mass is 16.6. The van der Waals surface area contributed by atoms with Gasteiger partial charge in [0.25, 0.3) is 0 Å². The van der Waals surface area contributed by atoms with Crippen LogP contribution in [-0.2, 0) is 11.2 Å². The number of alkyl carbamates (subject to hydrolysis) is 1. The maximum Gasteiger partial charge on any atom is 0.407 e. The average Bonchev–Trinajstić information content (AvgIpc) is 2.71. The fraction of sp³-hybridized carbons (Fsp3) is 0.696. The van der Waals surface area contributed by atoms with Crippen LogP contribution in [0.2, 0.25) is 0 Å². The minimum atomic E-state index is -0.302. The van der Waals surface area contributed by atoms with Gasteiger partial charge in [-0.15, -0.1) is 0 Å². The molecule has 2 aliphatic rings. The minimum absolute atomic E-state index is 0.0689. The van der Waals surface area contributed by atoms with E-state index in [4.69, 9.17) is 14.2 Å². The first-order chi connectivity index (χ1) is 14.0. The smallest absolute Gasteiger partial charge is 0.407 e. The quantitative estimate of drug-likeness (QED) is 0.739. The van der Waals surface area contributed by atoms with Gasteiger partial charge in [0.15, 0.2) is 11.5 Å². The molecule has 1 amide bonds. The number of carbonyl (C=O) groups is 1. The van der Waals surface area contributed by atoms with Gasteiger partial charge in [-0.25, -0.2) is 4.79 Å². The number of hydrogen-bond acceptors (Lipinski definition) is 5. The van der Waals surface area contributed by atoms with Gasteiger partial charge in [-0.2, -0.15) is 0 Å². The Morgan fingerprint density at radius 1 is 1.24 bits per heavy atom. The Morgan fingerprint density at radius 3 is 2.62 bits per heavy atom. The van der Waals surface area contributed by atoms with E-state index in [1.54, 1.807) is 14.2 Å². The zero-order valence-corrected chi connectivity index (χ0v) is 18.5. The van der Waals surface area contributed by atoms with E-state index in [-0.39, 0.29) is 18.2 Å². The van der Waals surface area contributed by atoms with E-state index in [0.717, 1.165) is 50.3 Å². The number of carbonyl (C=O) groups excluding carboxylic acids is 1. The van der Waals surface area contributed by atoms with Crippen molar-refractivity contribution in [3.05, 3.63) is 23.3 Å². The summed E-state index contributed by atoms with van der Waals surface area (Å²) in [7, 11) is 3.35. The molecule has 0 unspecified atom stereocenters. The Labute approximate surface area is 174 Å². The van der Waals surface area contributed by atoms with Crippen LogP contribution in [0.15, 0.2) is 12.1 Å². The molecule has 0 saturated carbocycles. The molecule has 2 aliphatic heterocycles. The summed E-state index contributed by atoms with van der Waals surface area (Å²) in [5.41, 5.74) is 2.59. The maximum absolute atomic E-state index is 12.2. The molecule has 1 fully saturated rings. The van der Waals surface area contributed by atoms with Gasteiger partial charge in [0.1, 0.15) is 6.10 Å². The molecule has 0 bridgehead atoms. The number of benzene rings is 1. The molecule has 162 valence electrons. The molecule has 0 radical (unpaired) electrons. The molecule has 1 aromatic rings. The summed E-state index contributed by atoms with van der Waals surface area (Å²) < 4.78 is 17.0. The lowest BCUT2D eigenvalue weighted by atomic mass is 9.79. The predicted octanol–water partition coefficient (Wildman–Crippen LogP) is 4.17. The Morgan fingerprint density at radius 2 is 1.97 bits per heavy atom. The van der Waals surface area contributed by atoms with E-state index >= 15 is 0 Å². The lowest BCUT2D eigenvalue weighted by molar-refractivity contribution is -0.0268. The standard InChI is InChI=1S/C23H36N2O4/c1-6-24-23(26)29-20-13-19-18-12-22(28-5)21(27-4)11-16(18)9-10-25(19)14-17(20)8-7-15(2)3/h11-12,15,17,19-20H,6-10,13-14H2,1-5H3,(H,24,26)/t17-,19-,20-/m1/s1. The second kappa shape index (κ2) is 9.70. The third-order valence-electron chi connectivity index (χ3n) is 6.26. The van der Waals surface area contributed by atoms with Crippen molar-refractivity contribution in [3.63, 3.8) is 0 Å². The van der Waals surface area contributed by atoms with Crippen molar-refractivity contribution in [2.45, 2.75) is 58.6 Å². The molecule has 29 heavy (non-hydrogen) atoms. The van der Waals surface area contributed by atoms with Crippen molar-refractivity contribution in [1.29, 1.82) is 0 Å². The minimum Gasteiger partial charge on any atom is -0.493 e. The fourth-order valence-electron chi connectivity index (χ4n) is 4.70. The van der Waals surface area contributed by atoms with Gasteiger partial charge >= 0.3 is 6.09 Å². The zero-order valence-electron chi connectivity index (χ0n) is 18.5. The zero-order chi connectivity index (χ0) is 21.0. The number of nitrogens with zero attached hydrogens (tertiary/aromatic N) is 1. The summed E-state index contributed by atoms with van der Waals surface area (Å²) in [5, 5.41) is 2.79. The highest BCUT2D eigenvalue weighted by Crippen LogP contribution is 2.44. The van der Waals surface area contributed by atoms with Crippen molar-refractivity contribution in [3.8, 4) is 11.5 Å². The van der Waals surface area contributed by atoms with Crippen molar-refractivity contribution in [2.24, 2.45) is 11.8 Å². The molecule has 0 aromatic heterocycles. The summed E-state index contributed by atoms with van der Waals surface area (Å²) in [6.07, 6.45) is 3.70. The van der Waals surface area contributed by atoms with Crippen LogP contribution in [0.5, 0.6) is 11.5 Å². The van der Waals surface area contributed by atoms with Gasteiger partial charge in [0, 0.05) is 38.0 Å². The van der Waals surface area contributed by atoms with E-state index in [1.807, 2.05) is 6.92 Å². The van der Waals surface area contributed by atoms with Crippen molar-refractivity contribution in [2.75, 3.05) is 33.9 Å². The molecule has 1 saturated heterocycles. The molecule has 1 N–H and O–H groups in total. The Balaban J connectivity index is 1.85. The van der Waals surface area contributed by atoms with Crippen LogP contribution in [-0.4, -0.2) is 51.0 Å². The van der Waals surface area contributed by atoms with Gasteiger partial charge in [-0.3, -0.25) is 4.90 Å². The fourth-order valence-corrected chi connectivity index (χ4v) is 4.70. The van der Waals surface area contributed by atoms with E-state index in [9.17, 15) is 4.79 Å². The molecule has 6 heteroatoms. The largest absolute Gasteiger partial charge is 0.493 e. The summed E-state index contributed by atoms with van der Waals surface area (Å²) in [4.78, 5) is 14.8. The second-order valence-electron chi connectivity index (χ2n) is 8.61. The number of ether oxygens (including phenoxy) is 3. The summed E-state index contributed by atoms with van der Waals surface area (Å²) in [6.45, 7) is 8.99. The normalized spacial score (nSPS) is 23.9. The van der Waals surface area contributed by atoms with Crippen LogP contribution < -0.4 is 14.8 Å². The van der Waals surface area contributed by atoms with Gasteiger partial charge in [0.05, 0.1) is 14.2 Å². The summed E-state index contributed by atoms with van der Waals surface area (Å²) in [5.74, 6) is 2.56. The maximum atomic E-state index is 12.2. The van der Waals surface area contributed by atoms with E-state index < -0.39 is 0 Å². The number of methoxy groups -OCH3 is 2. The summed E-state index contributed by atoms with van der Waals surface area (Å²) in [6, 6.07) is 4.46. The molecule has 0 spiro atoms. The van der Waals surface area contributed by atoms with Crippen molar-refractivity contribution >= 4 is 6.09 Å². The van der Waals surface area contributed by atoms with Gasteiger partial charge < -0.3 is 19.5 Å². The van der Waals surface area contributed by atoms with E-state index in [0.29, 0.717) is 18.4 Å². The van der Waals surface area contributed by atoms with Crippen LogP contribution in [0.25, 0.3) is 0 Å². The first-order valence-electron chi connectivity index (χ1n) is 10.9. The van der Waals surface area contributed by atoms with Gasteiger partial charge in [-0.1, -0.05) is 20.3 Å². The molecular weight excluding hydrogens is 368 g/mol. The predicted molar refractivity (Wildman–Crippen MR) is 114 cm³/mol. The number of rotatable bonds is 7. The molecular formula is C23H36N2O4. The Bertz CT molecular complexity index is 706. The molecule has 6 nitrogen and oxygen atoms in total. The molecule has 2 heterocycles. The molecule has 0 aliphatic carbocycles.